The van der Waals surface area contributed by atoms with Crippen LogP contribution in [0.5, 0.6) is 0 Å². The third kappa shape index (κ3) is 10.9. The lowest BCUT2D eigenvalue weighted by atomic mass is 15.9. The molecule has 0 radical (unpaired) electrons. The van der Waals surface area contributed by atoms with Crippen LogP contribution in [-0.2, 0) is 10.4 Å². The molecule has 0 rings (SSSR count). The van der Waals surface area contributed by atoms with Gasteiger partial charge in [-0.3, -0.25) is 0 Å². The SMILES string of the molecule is [O-][S+](P)P. The molecule has 0 fully saturated rings. The average Bonchev–Trinajstić information content (AvgIpc) is 0.811. The molecule has 0 aromatic carbocycles. The molecule has 0 aromatic rings. The Labute approximate surface area is 32.6 Å². The summed E-state index contributed by atoms with van der Waals surface area (Å²) in [6.45, 7) is 0. The minimum Gasteiger partial charge on any atom is -0.614 e. The molecule has 0 aromatic heterocycles. The summed E-state index contributed by atoms with van der Waals surface area (Å²) in [4.78, 5) is 0. The topological polar surface area (TPSA) is 23.1 Å². The van der Waals surface area contributed by atoms with E-state index in [0.29, 0.717) is 0 Å². The highest BCUT2D eigenvalue weighted by molar-refractivity contribution is 8.65. The normalized spacial score (nSPS) is 9.00. The van der Waals surface area contributed by atoms with Crippen molar-refractivity contribution >= 4 is 27.3 Å². The van der Waals surface area contributed by atoms with E-state index in [0.717, 1.165) is 0 Å². The smallest absolute Gasteiger partial charge is 0.0928 e. The lowest BCUT2D eigenvalue weighted by Gasteiger charge is -1.86. The summed E-state index contributed by atoms with van der Waals surface area (Å²) in [5.41, 5.74) is 0. The molecule has 26 valence electrons. The van der Waals surface area contributed by atoms with Crippen LogP contribution in [0, 0.1) is 0 Å². The zero-order valence-electron chi connectivity index (χ0n) is 1.97. The molecule has 0 amide bonds. The van der Waals surface area contributed by atoms with Gasteiger partial charge in [0.2, 0.25) is 0 Å². The van der Waals surface area contributed by atoms with E-state index in [1.165, 1.54) is 0 Å². The molecule has 0 N–H and O–H groups in total. The number of rotatable bonds is 0. The Morgan fingerprint density at radius 2 is 1.50 bits per heavy atom. The lowest BCUT2D eigenvalue weighted by Crippen LogP contribution is -1.60. The van der Waals surface area contributed by atoms with Crippen molar-refractivity contribution in [1.29, 1.82) is 0 Å². The zero-order valence-corrected chi connectivity index (χ0v) is 5.10. The third-order valence-electron chi connectivity index (χ3n) is 0. The molecule has 0 bridgehead atoms. The second kappa shape index (κ2) is 2.41. The Bertz CT molecular complexity index is 10.8. The van der Waals surface area contributed by atoms with Gasteiger partial charge >= 0.3 is 0 Å². The predicted octanol–water partition coefficient (Wildman–Crippen LogP) is 0.315. The molecular weight excluding hydrogens is 110 g/mol. The summed E-state index contributed by atoms with van der Waals surface area (Å²) in [6.07, 6.45) is 0. The van der Waals surface area contributed by atoms with Crippen molar-refractivity contribution in [3.8, 4) is 0 Å². The van der Waals surface area contributed by atoms with Gasteiger partial charge in [-0.25, -0.2) is 0 Å². The quantitative estimate of drug-likeness (QED) is 0.328. The van der Waals surface area contributed by atoms with E-state index in [1.807, 2.05) is 0 Å². The van der Waals surface area contributed by atoms with Gasteiger partial charge in [0, 0.05) is 0 Å². The second-order valence-electron chi connectivity index (χ2n) is 0.329. The fourth-order valence-corrected chi connectivity index (χ4v) is 0. The lowest BCUT2D eigenvalue weighted by molar-refractivity contribution is 0.622. The van der Waals surface area contributed by atoms with Crippen LogP contribution in [0.1, 0.15) is 0 Å². The minimum atomic E-state index is -0.778. The van der Waals surface area contributed by atoms with Gasteiger partial charge in [-0.05, 0) is 10.4 Å². The van der Waals surface area contributed by atoms with Gasteiger partial charge in [0.1, 0.15) is 0 Å². The molecule has 1 nitrogen and oxygen atoms in total. The Morgan fingerprint density at radius 3 is 1.50 bits per heavy atom. The first kappa shape index (κ1) is 5.17. The maximum atomic E-state index is 9.48. The molecule has 0 aliphatic rings. The van der Waals surface area contributed by atoms with E-state index >= 15 is 0 Å². The first-order valence-corrected chi connectivity index (χ1v) is 4.74. The number of hydrogen-bond acceptors (Lipinski definition) is 1. The Hall–Kier alpha value is 1.17. The molecule has 4 heavy (non-hydrogen) atoms. The Balaban J connectivity index is 2.32. The monoisotopic (exact) mass is 114 g/mol. The standard InChI is InChI=1S/H4OP2S/c1-4(2)3/h2-3H2. The molecule has 2 atom stereocenters. The van der Waals surface area contributed by atoms with E-state index in [1.54, 1.807) is 0 Å². The molecule has 4 heteroatoms. The van der Waals surface area contributed by atoms with Gasteiger partial charge in [0.25, 0.3) is 0 Å². The van der Waals surface area contributed by atoms with Gasteiger partial charge in [0.05, 0.1) is 16.9 Å². The number of hydrogen-bond donors (Lipinski definition) is 0. The molecule has 0 heterocycles. The first-order valence-electron chi connectivity index (χ1n) is 0.638. The van der Waals surface area contributed by atoms with Crippen LogP contribution in [0.2, 0.25) is 0 Å². The second-order valence-corrected chi connectivity index (χ2v) is 5.41. The van der Waals surface area contributed by atoms with E-state index in [-0.39, 0.29) is 0 Å². The van der Waals surface area contributed by atoms with Crippen LogP contribution in [0.4, 0.5) is 0 Å². The first-order chi connectivity index (χ1) is 1.73. The van der Waals surface area contributed by atoms with E-state index in [4.69, 9.17) is 0 Å². The van der Waals surface area contributed by atoms with Crippen molar-refractivity contribution in [3.63, 3.8) is 0 Å². The molecule has 0 aliphatic heterocycles. The summed E-state index contributed by atoms with van der Waals surface area (Å²) in [6, 6.07) is 0. The van der Waals surface area contributed by atoms with Gasteiger partial charge < -0.3 is 4.55 Å². The van der Waals surface area contributed by atoms with E-state index in [2.05, 4.69) is 16.9 Å². The van der Waals surface area contributed by atoms with Crippen LogP contribution >= 0.6 is 16.9 Å². The summed E-state index contributed by atoms with van der Waals surface area (Å²) in [5, 5.41) is 0. The molecule has 0 spiro atoms. The van der Waals surface area contributed by atoms with E-state index in [9.17, 15) is 4.55 Å². The Morgan fingerprint density at radius 1 is 1.50 bits per heavy atom. The molecule has 0 aliphatic carbocycles. The van der Waals surface area contributed by atoms with Crippen molar-refractivity contribution < 1.29 is 4.55 Å². The third-order valence-corrected chi connectivity index (χ3v) is 0. The van der Waals surface area contributed by atoms with Gasteiger partial charge in [-0.2, -0.15) is 0 Å². The highest BCUT2D eigenvalue weighted by atomic mass is 33.1. The van der Waals surface area contributed by atoms with Crippen molar-refractivity contribution in [2.24, 2.45) is 0 Å². The summed E-state index contributed by atoms with van der Waals surface area (Å²) >= 11 is 0. The largest absolute Gasteiger partial charge is 0.614 e. The van der Waals surface area contributed by atoms with Crippen molar-refractivity contribution in [1.82, 2.24) is 0 Å². The fraction of sp³-hybridized carbons (Fsp3) is 0. The highest BCUT2D eigenvalue weighted by Crippen LogP contribution is 2.07. The van der Waals surface area contributed by atoms with E-state index < -0.39 is 10.4 Å². The van der Waals surface area contributed by atoms with Crippen molar-refractivity contribution in [3.05, 3.63) is 0 Å². The maximum absolute atomic E-state index is 9.48. The zero-order chi connectivity index (χ0) is 3.58. The molecule has 0 saturated carbocycles. The summed E-state index contributed by atoms with van der Waals surface area (Å²) < 4.78 is 9.48. The van der Waals surface area contributed by atoms with Crippen LogP contribution in [-0.4, -0.2) is 4.55 Å². The summed E-state index contributed by atoms with van der Waals surface area (Å²) in [5.74, 6) is 0. The average molecular weight is 114 g/mol. The van der Waals surface area contributed by atoms with Gasteiger partial charge in [-0.1, -0.05) is 0 Å². The molecule has 2 unspecified atom stereocenters. The van der Waals surface area contributed by atoms with Crippen molar-refractivity contribution in [2.75, 3.05) is 0 Å². The van der Waals surface area contributed by atoms with Crippen LogP contribution in [0.25, 0.3) is 0 Å². The van der Waals surface area contributed by atoms with Crippen molar-refractivity contribution in [2.45, 2.75) is 0 Å². The summed E-state index contributed by atoms with van der Waals surface area (Å²) in [7, 11) is 3.41. The van der Waals surface area contributed by atoms with Gasteiger partial charge in [-0.15, -0.1) is 0 Å². The van der Waals surface area contributed by atoms with Crippen LogP contribution in [0.15, 0.2) is 0 Å². The predicted molar refractivity (Wildman–Crippen MR) is 27.6 cm³/mol. The molecular formula is H4OP2S. The fourth-order valence-electron chi connectivity index (χ4n) is 0. The Kier molecular flexibility index (Phi) is 3.11. The molecule has 0 saturated heterocycles. The highest BCUT2D eigenvalue weighted by Gasteiger charge is 1.67. The van der Waals surface area contributed by atoms with Gasteiger partial charge in [0.15, 0.2) is 0 Å². The minimum absolute atomic E-state index is 0.778. The van der Waals surface area contributed by atoms with Crippen LogP contribution in [0.3, 0.4) is 0 Å². The maximum Gasteiger partial charge on any atom is 0.0928 e. The van der Waals surface area contributed by atoms with Crippen LogP contribution < -0.4 is 0 Å².